The van der Waals surface area contributed by atoms with E-state index in [1.807, 2.05) is 0 Å². The Labute approximate surface area is 84.0 Å². The third-order valence-electron chi connectivity index (χ3n) is 2.97. The fourth-order valence-electron chi connectivity index (χ4n) is 2.12. The molecule has 0 saturated carbocycles. The Hall–Kier alpha value is -0.170. The molecular weight excluding hydrogens is 204 g/mol. The molecule has 2 fully saturated rings. The lowest BCUT2D eigenvalue weighted by Crippen LogP contribution is -2.62. The maximum atomic E-state index is 11.4. The van der Waals surface area contributed by atoms with Gasteiger partial charge >= 0.3 is 0 Å². The number of aliphatic hydroxyl groups excluding tert-OH is 1. The van der Waals surface area contributed by atoms with Crippen LogP contribution < -0.4 is 5.32 Å². The third-order valence-corrected chi connectivity index (χ3v) is 4.67. The van der Waals surface area contributed by atoms with Crippen LogP contribution in [0.2, 0.25) is 0 Å². The summed E-state index contributed by atoms with van der Waals surface area (Å²) >= 11 is 0. The van der Waals surface area contributed by atoms with Crippen molar-refractivity contribution >= 4 is 9.84 Å². The Kier molecular flexibility index (Phi) is 2.79. The Morgan fingerprint density at radius 1 is 1.50 bits per heavy atom. The fraction of sp³-hybridized carbons (Fsp3) is 1.00. The summed E-state index contributed by atoms with van der Waals surface area (Å²) in [6.07, 6.45) is 0. The van der Waals surface area contributed by atoms with Crippen LogP contribution >= 0.6 is 0 Å². The molecule has 2 saturated heterocycles. The van der Waals surface area contributed by atoms with Crippen LogP contribution in [0.4, 0.5) is 0 Å². The first-order chi connectivity index (χ1) is 6.61. The average Bonchev–Trinajstić information content (AvgIpc) is 2.16. The van der Waals surface area contributed by atoms with Crippen molar-refractivity contribution in [2.24, 2.45) is 0 Å². The SMILES string of the molecule is O=S1(=O)CCN2C[C@@H](CO)NCC2C1. The van der Waals surface area contributed by atoms with Crippen LogP contribution in [0, 0.1) is 0 Å². The van der Waals surface area contributed by atoms with Gasteiger partial charge < -0.3 is 10.4 Å². The first-order valence-corrected chi connectivity index (χ1v) is 6.71. The highest BCUT2D eigenvalue weighted by atomic mass is 32.2. The van der Waals surface area contributed by atoms with Crippen molar-refractivity contribution in [1.29, 1.82) is 0 Å². The summed E-state index contributed by atoms with van der Waals surface area (Å²) < 4.78 is 22.7. The van der Waals surface area contributed by atoms with Gasteiger partial charge in [-0.3, -0.25) is 4.90 Å². The maximum Gasteiger partial charge on any atom is 0.153 e. The molecule has 0 radical (unpaired) electrons. The van der Waals surface area contributed by atoms with Gasteiger partial charge in [0.25, 0.3) is 0 Å². The van der Waals surface area contributed by atoms with Crippen LogP contribution in [0.1, 0.15) is 0 Å². The summed E-state index contributed by atoms with van der Waals surface area (Å²) in [6.45, 7) is 2.17. The van der Waals surface area contributed by atoms with Gasteiger partial charge in [0.05, 0.1) is 18.1 Å². The number of hydrogen-bond donors (Lipinski definition) is 2. The van der Waals surface area contributed by atoms with Gasteiger partial charge in [0.2, 0.25) is 0 Å². The Bertz CT molecular complexity index is 304. The van der Waals surface area contributed by atoms with Crippen LogP contribution in [-0.4, -0.2) is 68.3 Å². The van der Waals surface area contributed by atoms with E-state index >= 15 is 0 Å². The minimum Gasteiger partial charge on any atom is -0.395 e. The monoisotopic (exact) mass is 220 g/mol. The summed E-state index contributed by atoms with van der Waals surface area (Å²) in [4.78, 5) is 2.17. The van der Waals surface area contributed by atoms with Gasteiger partial charge in [0, 0.05) is 31.7 Å². The zero-order valence-electron chi connectivity index (χ0n) is 8.02. The number of aliphatic hydroxyl groups is 1. The van der Waals surface area contributed by atoms with E-state index in [2.05, 4.69) is 10.2 Å². The van der Waals surface area contributed by atoms with Gasteiger partial charge in [0.1, 0.15) is 0 Å². The first-order valence-electron chi connectivity index (χ1n) is 4.89. The van der Waals surface area contributed by atoms with E-state index in [1.54, 1.807) is 0 Å². The van der Waals surface area contributed by atoms with Crippen LogP contribution in [0.3, 0.4) is 0 Å². The second-order valence-corrected chi connectivity index (χ2v) is 6.28. The standard InChI is InChI=1S/C8H16N2O3S/c11-5-7-4-10-1-2-14(12,13)6-8(10)3-9-7/h7-9,11H,1-6H2/t7-,8?/m0/s1. The Morgan fingerprint density at radius 2 is 2.29 bits per heavy atom. The molecule has 0 amide bonds. The Morgan fingerprint density at radius 3 is 3.00 bits per heavy atom. The molecule has 2 rings (SSSR count). The van der Waals surface area contributed by atoms with Crippen LogP contribution in [-0.2, 0) is 9.84 Å². The van der Waals surface area contributed by atoms with Gasteiger partial charge in [-0.25, -0.2) is 8.42 Å². The average molecular weight is 220 g/mol. The smallest absolute Gasteiger partial charge is 0.153 e. The predicted molar refractivity (Wildman–Crippen MR) is 52.9 cm³/mol. The highest BCUT2D eigenvalue weighted by Crippen LogP contribution is 2.14. The number of sulfone groups is 1. The summed E-state index contributed by atoms with van der Waals surface area (Å²) in [7, 11) is -2.82. The highest BCUT2D eigenvalue weighted by Gasteiger charge is 2.35. The number of piperazine rings is 1. The van der Waals surface area contributed by atoms with Crippen molar-refractivity contribution in [2.75, 3.05) is 37.7 Å². The molecule has 0 aromatic heterocycles. The molecule has 2 aliphatic rings. The highest BCUT2D eigenvalue weighted by molar-refractivity contribution is 7.91. The van der Waals surface area contributed by atoms with E-state index in [0.29, 0.717) is 13.1 Å². The van der Waals surface area contributed by atoms with Crippen molar-refractivity contribution in [3.8, 4) is 0 Å². The van der Waals surface area contributed by atoms with Crippen molar-refractivity contribution in [3.05, 3.63) is 0 Å². The minimum atomic E-state index is -2.82. The van der Waals surface area contributed by atoms with E-state index in [1.165, 1.54) is 0 Å². The van der Waals surface area contributed by atoms with Crippen LogP contribution in [0.25, 0.3) is 0 Å². The van der Waals surface area contributed by atoms with Crippen LogP contribution in [0.15, 0.2) is 0 Å². The molecule has 2 N–H and O–H groups in total. The quantitative estimate of drug-likeness (QED) is 0.537. The summed E-state index contributed by atoms with van der Waals surface area (Å²) in [5, 5.41) is 12.1. The summed E-state index contributed by atoms with van der Waals surface area (Å²) in [5.41, 5.74) is 0. The molecule has 2 atom stereocenters. The molecule has 2 aliphatic heterocycles. The number of nitrogens with zero attached hydrogens (tertiary/aromatic N) is 1. The van der Waals surface area contributed by atoms with Crippen molar-refractivity contribution in [1.82, 2.24) is 10.2 Å². The lowest BCUT2D eigenvalue weighted by molar-refractivity contribution is 0.111. The number of nitrogens with one attached hydrogen (secondary N) is 1. The van der Waals surface area contributed by atoms with Gasteiger partial charge in [-0.05, 0) is 0 Å². The van der Waals surface area contributed by atoms with Gasteiger partial charge in [-0.2, -0.15) is 0 Å². The van der Waals surface area contributed by atoms with Gasteiger partial charge in [-0.15, -0.1) is 0 Å². The van der Waals surface area contributed by atoms with Crippen molar-refractivity contribution < 1.29 is 13.5 Å². The molecule has 0 aromatic carbocycles. The predicted octanol–water partition coefficient (Wildman–Crippen LogP) is -1.95. The van der Waals surface area contributed by atoms with Crippen molar-refractivity contribution in [2.45, 2.75) is 12.1 Å². The van der Waals surface area contributed by atoms with Gasteiger partial charge in [-0.1, -0.05) is 0 Å². The molecule has 0 aromatic rings. The number of hydrogen-bond acceptors (Lipinski definition) is 5. The minimum absolute atomic E-state index is 0.104. The van der Waals surface area contributed by atoms with E-state index in [4.69, 9.17) is 5.11 Å². The molecule has 2 heterocycles. The molecule has 14 heavy (non-hydrogen) atoms. The molecule has 0 aliphatic carbocycles. The van der Waals surface area contributed by atoms with E-state index in [-0.39, 0.29) is 30.2 Å². The van der Waals surface area contributed by atoms with E-state index in [9.17, 15) is 8.42 Å². The second-order valence-electron chi connectivity index (χ2n) is 4.05. The first kappa shape index (κ1) is 10.4. The summed E-state index contributed by atoms with van der Waals surface area (Å²) in [6, 6.07) is 0.212. The molecule has 6 heteroatoms. The van der Waals surface area contributed by atoms with E-state index < -0.39 is 9.84 Å². The zero-order chi connectivity index (χ0) is 10.2. The summed E-state index contributed by atoms with van der Waals surface area (Å²) in [5.74, 6) is 0.528. The Balaban J connectivity index is 2.01. The van der Waals surface area contributed by atoms with Crippen LogP contribution in [0.5, 0.6) is 0 Å². The zero-order valence-corrected chi connectivity index (χ0v) is 8.83. The molecule has 82 valence electrons. The topological polar surface area (TPSA) is 69.6 Å². The van der Waals surface area contributed by atoms with Crippen molar-refractivity contribution in [3.63, 3.8) is 0 Å². The number of rotatable bonds is 1. The maximum absolute atomic E-state index is 11.4. The third kappa shape index (κ3) is 2.08. The number of fused-ring (bicyclic) bond motifs is 1. The van der Waals surface area contributed by atoms with E-state index in [0.717, 1.165) is 6.54 Å². The lowest BCUT2D eigenvalue weighted by atomic mass is 10.1. The normalized spacial score (nSPS) is 37.8. The molecule has 1 unspecified atom stereocenters. The fourth-order valence-corrected chi connectivity index (χ4v) is 3.72. The largest absolute Gasteiger partial charge is 0.395 e. The second kappa shape index (κ2) is 3.77. The molecular formula is C8H16N2O3S. The molecule has 0 spiro atoms. The molecule has 5 nitrogen and oxygen atoms in total. The van der Waals surface area contributed by atoms with Gasteiger partial charge in [0.15, 0.2) is 9.84 Å². The molecule has 0 bridgehead atoms. The lowest BCUT2D eigenvalue weighted by Gasteiger charge is -2.42.